The predicted molar refractivity (Wildman–Crippen MR) is 77.8 cm³/mol. The molecule has 1 N–H and O–H groups in total. The van der Waals surface area contributed by atoms with Crippen molar-refractivity contribution in [1.82, 2.24) is 5.32 Å². The molecule has 0 aromatic heterocycles. The summed E-state index contributed by atoms with van der Waals surface area (Å²) in [5.74, 6) is 5.75. The summed E-state index contributed by atoms with van der Waals surface area (Å²) in [4.78, 5) is 0. The van der Waals surface area contributed by atoms with Crippen LogP contribution in [-0.2, 0) is 0 Å². The van der Waals surface area contributed by atoms with Gasteiger partial charge in [0.2, 0.25) is 0 Å². The van der Waals surface area contributed by atoms with Crippen LogP contribution in [0.3, 0.4) is 0 Å². The first kappa shape index (κ1) is 15.2. The summed E-state index contributed by atoms with van der Waals surface area (Å²) < 4.78 is 14.8. The van der Waals surface area contributed by atoms with Crippen molar-refractivity contribution in [3.63, 3.8) is 0 Å². The van der Waals surface area contributed by atoms with E-state index in [9.17, 15) is 4.39 Å². The fourth-order valence-electron chi connectivity index (χ4n) is 1.85. The van der Waals surface area contributed by atoms with Gasteiger partial charge in [0.1, 0.15) is 5.82 Å². The summed E-state index contributed by atoms with van der Waals surface area (Å²) in [5, 5.41) is 3.39. The van der Waals surface area contributed by atoms with Gasteiger partial charge in [-0.05, 0) is 38.4 Å². The molecule has 1 aromatic rings. The minimum absolute atomic E-state index is 0.0152. The van der Waals surface area contributed by atoms with Gasteiger partial charge in [-0.2, -0.15) is 0 Å². The Morgan fingerprint density at radius 3 is 2.83 bits per heavy atom. The van der Waals surface area contributed by atoms with Crippen LogP contribution in [0.1, 0.15) is 44.7 Å². The van der Waals surface area contributed by atoms with Crippen molar-refractivity contribution < 1.29 is 4.39 Å². The summed E-state index contributed by atoms with van der Waals surface area (Å²) in [6, 6.07) is 5.11. The molecule has 0 aliphatic rings. The third-order valence-corrected chi connectivity index (χ3v) is 3.42. The molecule has 0 saturated carbocycles. The van der Waals surface area contributed by atoms with E-state index in [4.69, 9.17) is 0 Å². The fourth-order valence-corrected chi connectivity index (χ4v) is 2.47. The smallest absolute Gasteiger partial charge is 0.129 e. The van der Waals surface area contributed by atoms with E-state index in [-0.39, 0.29) is 11.9 Å². The molecular formula is C15H19BrFN. The Bertz CT molecular complexity index is 414. The Hall–Kier alpha value is -0.850. The van der Waals surface area contributed by atoms with Gasteiger partial charge in [-0.15, -0.1) is 11.8 Å². The molecule has 1 nitrogen and oxygen atoms in total. The van der Waals surface area contributed by atoms with Crippen molar-refractivity contribution in [2.24, 2.45) is 0 Å². The quantitative estimate of drug-likeness (QED) is 0.766. The topological polar surface area (TPSA) is 12.0 Å². The van der Waals surface area contributed by atoms with E-state index in [1.807, 2.05) is 13.0 Å². The maximum absolute atomic E-state index is 13.9. The normalized spacial score (nSPS) is 11.8. The zero-order valence-corrected chi connectivity index (χ0v) is 12.5. The van der Waals surface area contributed by atoms with Crippen molar-refractivity contribution in [2.45, 2.75) is 39.2 Å². The Balaban J connectivity index is 2.88. The van der Waals surface area contributed by atoms with E-state index in [0.717, 1.165) is 30.3 Å². The van der Waals surface area contributed by atoms with Crippen molar-refractivity contribution in [3.05, 3.63) is 34.1 Å². The second-order valence-electron chi connectivity index (χ2n) is 4.11. The molecule has 98 valence electrons. The van der Waals surface area contributed by atoms with E-state index >= 15 is 0 Å². The number of hydrogen-bond acceptors (Lipinski definition) is 1. The molecular weight excluding hydrogens is 293 g/mol. The first-order chi connectivity index (χ1) is 8.70. The van der Waals surface area contributed by atoms with Gasteiger partial charge < -0.3 is 5.32 Å². The molecule has 1 rings (SSSR count). The molecule has 0 radical (unpaired) electrons. The SMILES string of the molecule is CC#CCCC(NCCC)c1c(F)cccc1Br. The Morgan fingerprint density at radius 1 is 1.44 bits per heavy atom. The van der Waals surface area contributed by atoms with Gasteiger partial charge in [0.05, 0.1) is 0 Å². The lowest BCUT2D eigenvalue weighted by atomic mass is 10.0. The van der Waals surface area contributed by atoms with E-state index in [2.05, 4.69) is 40.0 Å². The van der Waals surface area contributed by atoms with Gasteiger partial charge in [0.25, 0.3) is 0 Å². The third-order valence-electron chi connectivity index (χ3n) is 2.72. The van der Waals surface area contributed by atoms with Gasteiger partial charge in [0, 0.05) is 22.5 Å². The molecule has 0 aliphatic heterocycles. The lowest BCUT2D eigenvalue weighted by Gasteiger charge is -2.20. The van der Waals surface area contributed by atoms with E-state index in [1.54, 1.807) is 6.07 Å². The van der Waals surface area contributed by atoms with Gasteiger partial charge >= 0.3 is 0 Å². The summed E-state index contributed by atoms with van der Waals surface area (Å²) in [6.45, 7) is 4.81. The molecule has 0 aliphatic carbocycles. The third kappa shape index (κ3) is 4.44. The van der Waals surface area contributed by atoms with Crippen LogP contribution >= 0.6 is 15.9 Å². The first-order valence-corrected chi connectivity index (χ1v) is 7.06. The average Bonchev–Trinajstić information content (AvgIpc) is 2.35. The molecule has 3 heteroatoms. The highest BCUT2D eigenvalue weighted by atomic mass is 79.9. The Kier molecular flexibility index (Phi) is 7.00. The number of halogens is 2. The number of nitrogens with one attached hydrogen (secondary N) is 1. The molecule has 1 atom stereocenters. The van der Waals surface area contributed by atoms with Gasteiger partial charge in [-0.3, -0.25) is 0 Å². The van der Waals surface area contributed by atoms with Gasteiger partial charge in [-0.25, -0.2) is 4.39 Å². The molecule has 0 bridgehead atoms. The molecule has 1 aromatic carbocycles. The van der Waals surface area contributed by atoms with Crippen LogP contribution in [0.2, 0.25) is 0 Å². The van der Waals surface area contributed by atoms with Crippen molar-refractivity contribution in [3.8, 4) is 11.8 Å². The summed E-state index contributed by atoms with van der Waals surface area (Å²) in [7, 11) is 0. The minimum atomic E-state index is -0.164. The van der Waals surface area contributed by atoms with Crippen molar-refractivity contribution in [2.75, 3.05) is 6.54 Å². The van der Waals surface area contributed by atoms with Crippen molar-refractivity contribution in [1.29, 1.82) is 0 Å². The standard InChI is InChI=1S/C15H19BrFN/c1-3-5-6-10-14(18-11-4-2)15-12(16)8-7-9-13(15)17/h7-9,14,18H,4,6,10-11H2,1-2H3. The van der Waals surface area contributed by atoms with Crippen LogP contribution in [0.4, 0.5) is 4.39 Å². The van der Waals surface area contributed by atoms with Gasteiger partial charge in [-0.1, -0.05) is 28.9 Å². The lowest BCUT2D eigenvalue weighted by molar-refractivity contribution is 0.476. The van der Waals surface area contributed by atoms with E-state index < -0.39 is 0 Å². The van der Waals surface area contributed by atoms with E-state index in [0.29, 0.717) is 5.56 Å². The van der Waals surface area contributed by atoms with Crippen molar-refractivity contribution >= 4 is 15.9 Å². The first-order valence-electron chi connectivity index (χ1n) is 6.27. The second-order valence-corrected chi connectivity index (χ2v) is 4.96. The summed E-state index contributed by atoms with van der Waals surface area (Å²) in [5.41, 5.74) is 0.712. The van der Waals surface area contributed by atoms with Crippen LogP contribution in [0, 0.1) is 17.7 Å². The second kappa shape index (κ2) is 8.29. The van der Waals surface area contributed by atoms with Crippen LogP contribution in [0.25, 0.3) is 0 Å². The van der Waals surface area contributed by atoms with Crippen LogP contribution < -0.4 is 5.32 Å². The van der Waals surface area contributed by atoms with Gasteiger partial charge in [0.15, 0.2) is 0 Å². The molecule has 0 amide bonds. The number of hydrogen-bond donors (Lipinski definition) is 1. The van der Waals surface area contributed by atoms with Crippen LogP contribution in [0.15, 0.2) is 22.7 Å². The highest BCUT2D eigenvalue weighted by Gasteiger charge is 2.17. The minimum Gasteiger partial charge on any atom is -0.310 e. The molecule has 1 unspecified atom stereocenters. The molecule has 0 heterocycles. The maximum Gasteiger partial charge on any atom is 0.129 e. The maximum atomic E-state index is 13.9. The molecule has 18 heavy (non-hydrogen) atoms. The van der Waals surface area contributed by atoms with E-state index in [1.165, 1.54) is 6.07 Å². The number of benzene rings is 1. The van der Waals surface area contributed by atoms with Crippen LogP contribution in [-0.4, -0.2) is 6.54 Å². The molecule has 0 saturated heterocycles. The highest BCUT2D eigenvalue weighted by Crippen LogP contribution is 2.29. The zero-order chi connectivity index (χ0) is 13.4. The zero-order valence-electron chi connectivity index (χ0n) is 10.9. The molecule has 0 fully saturated rings. The highest BCUT2D eigenvalue weighted by molar-refractivity contribution is 9.10. The summed E-state index contributed by atoms with van der Waals surface area (Å²) in [6.07, 6.45) is 2.63. The Labute approximate surface area is 117 Å². The average molecular weight is 312 g/mol. The number of rotatable bonds is 6. The Morgan fingerprint density at radius 2 is 2.22 bits per heavy atom. The summed E-state index contributed by atoms with van der Waals surface area (Å²) >= 11 is 3.43. The predicted octanol–water partition coefficient (Wildman–Crippen LogP) is 4.43. The monoisotopic (exact) mass is 311 g/mol. The largest absolute Gasteiger partial charge is 0.310 e. The molecule has 0 spiro atoms. The lowest BCUT2D eigenvalue weighted by Crippen LogP contribution is -2.23. The van der Waals surface area contributed by atoms with Crippen LogP contribution in [0.5, 0.6) is 0 Å². The fraction of sp³-hybridized carbons (Fsp3) is 0.467.